The first-order valence-electron chi connectivity index (χ1n) is 10.9. The van der Waals surface area contributed by atoms with E-state index in [1.807, 2.05) is 11.8 Å². The maximum Gasteiger partial charge on any atom is 0.416 e. The van der Waals surface area contributed by atoms with Crippen molar-refractivity contribution in [2.45, 2.75) is 51.2 Å². The molecule has 5 nitrogen and oxygen atoms in total. The van der Waals surface area contributed by atoms with E-state index in [2.05, 4.69) is 27.5 Å². The monoisotopic (exact) mass is 562 g/mol. The Bertz CT molecular complexity index is 857. The summed E-state index contributed by atoms with van der Waals surface area (Å²) in [5.74, 6) is 6.60. The number of hydrogen-bond acceptors (Lipinski definition) is 2. The fourth-order valence-electron chi connectivity index (χ4n) is 4.06. The van der Waals surface area contributed by atoms with Crippen molar-refractivity contribution in [3.8, 4) is 11.8 Å². The molecule has 0 aromatic heterocycles. The van der Waals surface area contributed by atoms with Gasteiger partial charge in [-0.25, -0.2) is 4.99 Å². The molecule has 1 atom stereocenters. The molecule has 1 aromatic rings. The van der Waals surface area contributed by atoms with Gasteiger partial charge in [0.25, 0.3) is 0 Å². The van der Waals surface area contributed by atoms with Gasteiger partial charge in [0.2, 0.25) is 5.91 Å². The van der Waals surface area contributed by atoms with Crippen LogP contribution in [0.5, 0.6) is 0 Å². The van der Waals surface area contributed by atoms with Crippen LogP contribution >= 0.6 is 24.0 Å². The summed E-state index contributed by atoms with van der Waals surface area (Å²) < 4.78 is 38.4. The quantitative estimate of drug-likeness (QED) is 0.253. The average molecular weight is 562 g/mol. The van der Waals surface area contributed by atoms with Crippen molar-refractivity contribution in [1.29, 1.82) is 0 Å². The third-order valence-corrected chi connectivity index (χ3v) is 5.63. The molecular formula is C23H30F3IN4O. The first kappa shape index (κ1) is 26.3. The van der Waals surface area contributed by atoms with Crippen LogP contribution in [0.25, 0.3) is 0 Å². The van der Waals surface area contributed by atoms with Gasteiger partial charge in [0.1, 0.15) is 6.54 Å². The van der Waals surface area contributed by atoms with Gasteiger partial charge in [0.05, 0.1) is 5.56 Å². The summed E-state index contributed by atoms with van der Waals surface area (Å²) >= 11 is 0. The largest absolute Gasteiger partial charge is 0.416 e. The molecule has 32 heavy (non-hydrogen) atoms. The van der Waals surface area contributed by atoms with Gasteiger partial charge in [-0.05, 0) is 44.4 Å². The molecule has 2 N–H and O–H groups in total. The fourth-order valence-corrected chi connectivity index (χ4v) is 4.06. The summed E-state index contributed by atoms with van der Waals surface area (Å²) in [7, 11) is 0. The Kier molecular flexibility index (Phi) is 10.1. The van der Waals surface area contributed by atoms with Gasteiger partial charge in [-0.3, -0.25) is 4.79 Å². The molecule has 0 radical (unpaired) electrons. The summed E-state index contributed by atoms with van der Waals surface area (Å²) in [6.45, 7) is 4.20. The SMILES string of the molecule is CCNC(=NCC#Cc1cccc(C(F)(F)F)c1)NC1CCN(C(=O)C2CCCC2)C1.I. The smallest absolute Gasteiger partial charge is 0.357 e. The Morgan fingerprint density at radius 2 is 2.00 bits per heavy atom. The highest BCUT2D eigenvalue weighted by molar-refractivity contribution is 14.0. The van der Waals surface area contributed by atoms with Crippen LogP contribution in [0.3, 0.4) is 0 Å². The van der Waals surface area contributed by atoms with E-state index in [-0.39, 0.29) is 48.4 Å². The maximum atomic E-state index is 12.8. The van der Waals surface area contributed by atoms with Crippen molar-refractivity contribution in [1.82, 2.24) is 15.5 Å². The number of nitrogens with zero attached hydrogens (tertiary/aromatic N) is 2. The van der Waals surface area contributed by atoms with Gasteiger partial charge in [-0.1, -0.05) is 30.7 Å². The van der Waals surface area contributed by atoms with Crippen molar-refractivity contribution in [3.05, 3.63) is 35.4 Å². The van der Waals surface area contributed by atoms with Gasteiger partial charge >= 0.3 is 6.18 Å². The number of benzene rings is 1. The Morgan fingerprint density at radius 3 is 2.69 bits per heavy atom. The number of halogens is 4. The van der Waals surface area contributed by atoms with Crippen molar-refractivity contribution in [3.63, 3.8) is 0 Å². The van der Waals surface area contributed by atoms with Crippen LogP contribution in [0.1, 0.15) is 50.2 Å². The summed E-state index contributed by atoms with van der Waals surface area (Å²) in [4.78, 5) is 19.0. The highest BCUT2D eigenvalue weighted by atomic mass is 127. The van der Waals surface area contributed by atoms with Gasteiger partial charge in [-0.2, -0.15) is 13.2 Å². The van der Waals surface area contributed by atoms with E-state index < -0.39 is 11.7 Å². The lowest BCUT2D eigenvalue weighted by Gasteiger charge is -2.21. The van der Waals surface area contributed by atoms with Crippen molar-refractivity contribution in [2.24, 2.45) is 10.9 Å². The minimum atomic E-state index is -4.38. The molecule has 1 heterocycles. The molecule has 2 fully saturated rings. The van der Waals surface area contributed by atoms with Crippen LogP contribution in [0.4, 0.5) is 13.2 Å². The number of guanidine groups is 1. The molecule has 9 heteroatoms. The average Bonchev–Trinajstić information content (AvgIpc) is 3.43. The molecular weight excluding hydrogens is 532 g/mol. The molecule has 2 aliphatic rings. The number of likely N-dealkylation sites (tertiary alicyclic amines) is 1. The van der Waals surface area contributed by atoms with Crippen LogP contribution in [-0.4, -0.2) is 49.0 Å². The lowest BCUT2D eigenvalue weighted by Crippen LogP contribution is -2.45. The third-order valence-electron chi connectivity index (χ3n) is 5.63. The number of nitrogens with one attached hydrogen (secondary N) is 2. The maximum absolute atomic E-state index is 12.8. The molecule has 3 rings (SSSR count). The zero-order valence-electron chi connectivity index (χ0n) is 18.2. The summed E-state index contributed by atoms with van der Waals surface area (Å²) in [6.07, 6.45) is 0.768. The highest BCUT2D eigenvalue weighted by Gasteiger charge is 2.32. The van der Waals surface area contributed by atoms with E-state index in [9.17, 15) is 18.0 Å². The number of carbonyl (C=O) groups excluding carboxylic acids is 1. The number of hydrogen-bond donors (Lipinski definition) is 2. The Hall–Kier alpha value is -1.96. The molecule has 1 aliphatic heterocycles. The lowest BCUT2D eigenvalue weighted by atomic mass is 10.1. The lowest BCUT2D eigenvalue weighted by molar-refractivity contribution is -0.137. The van der Waals surface area contributed by atoms with Gasteiger partial charge in [0, 0.05) is 37.2 Å². The van der Waals surface area contributed by atoms with E-state index in [0.29, 0.717) is 24.6 Å². The van der Waals surface area contributed by atoms with Gasteiger partial charge in [0.15, 0.2) is 5.96 Å². The molecule has 1 saturated carbocycles. The summed E-state index contributed by atoms with van der Waals surface area (Å²) in [5.41, 5.74) is -0.407. The zero-order valence-corrected chi connectivity index (χ0v) is 20.5. The van der Waals surface area contributed by atoms with E-state index in [4.69, 9.17) is 0 Å². The molecule has 176 valence electrons. The zero-order chi connectivity index (χ0) is 22.3. The van der Waals surface area contributed by atoms with Gasteiger partial charge in [-0.15, -0.1) is 24.0 Å². The Balaban J connectivity index is 0.00000363. The van der Waals surface area contributed by atoms with Crippen molar-refractivity contribution in [2.75, 3.05) is 26.2 Å². The molecule has 1 amide bonds. The predicted octanol–water partition coefficient (Wildman–Crippen LogP) is 4.02. The molecule has 0 bridgehead atoms. The Morgan fingerprint density at radius 1 is 1.25 bits per heavy atom. The highest BCUT2D eigenvalue weighted by Crippen LogP contribution is 2.29. The van der Waals surface area contributed by atoms with Crippen LogP contribution in [0.15, 0.2) is 29.3 Å². The normalized spacial score (nSPS) is 19.2. The summed E-state index contributed by atoms with van der Waals surface area (Å²) in [5, 5.41) is 6.50. The fraction of sp³-hybridized carbons (Fsp3) is 0.565. The van der Waals surface area contributed by atoms with Gasteiger partial charge < -0.3 is 15.5 Å². The third kappa shape index (κ3) is 7.57. The van der Waals surface area contributed by atoms with E-state index in [0.717, 1.165) is 50.8 Å². The number of alkyl halides is 3. The minimum Gasteiger partial charge on any atom is -0.357 e. The van der Waals surface area contributed by atoms with Crippen LogP contribution < -0.4 is 10.6 Å². The second-order valence-corrected chi connectivity index (χ2v) is 7.97. The first-order valence-corrected chi connectivity index (χ1v) is 10.9. The second-order valence-electron chi connectivity index (χ2n) is 7.97. The van der Waals surface area contributed by atoms with Crippen molar-refractivity contribution < 1.29 is 18.0 Å². The number of aliphatic imine (C=N–C) groups is 1. The first-order chi connectivity index (χ1) is 14.9. The molecule has 1 saturated heterocycles. The van der Waals surface area contributed by atoms with E-state index in [1.54, 1.807) is 6.07 Å². The second kappa shape index (κ2) is 12.3. The predicted molar refractivity (Wildman–Crippen MR) is 130 cm³/mol. The van der Waals surface area contributed by atoms with Crippen LogP contribution in [0, 0.1) is 17.8 Å². The number of carbonyl (C=O) groups is 1. The number of amides is 1. The Labute approximate surface area is 204 Å². The standard InChI is InChI=1S/C23H29F3N4O.HI/c1-2-27-22(28-13-6-8-17-7-5-11-19(15-17)23(24,25)26)29-20-12-14-30(16-20)21(31)18-9-3-4-10-18;/h5,7,11,15,18,20H,2-4,9-10,12-14,16H2,1H3,(H2,27,28,29);1H. The minimum absolute atomic E-state index is 0. The molecule has 1 unspecified atom stereocenters. The van der Waals surface area contributed by atoms with Crippen LogP contribution in [-0.2, 0) is 11.0 Å². The number of rotatable bonds is 4. The van der Waals surface area contributed by atoms with Crippen LogP contribution in [0.2, 0.25) is 0 Å². The topological polar surface area (TPSA) is 56.7 Å². The molecule has 1 aliphatic carbocycles. The van der Waals surface area contributed by atoms with Crippen molar-refractivity contribution >= 4 is 35.8 Å². The van der Waals surface area contributed by atoms with E-state index >= 15 is 0 Å². The summed E-state index contributed by atoms with van der Waals surface area (Å²) in [6, 6.07) is 5.08. The molecule has 0 spiro atoms. The molecule has 1 aromatic carbocycles. The van der Waals surface area contributed by atoms with E-state index in [1.165, 1.54) is 6.07 Å².